The van der Waals surface area contributed by atoms with Crippen LogP contribution in [0.4, 0.5) is 0 Å². The molecule has 0 spiro atoms. The third-order valence-electron chi connectivity index (χ3n) is 6.70. The number of rotatable bonds is 18. The standard InChI is InChI=1S/C30H47NO/c1-3-4-5-6-7-8-9-10-11-12-13-14-15-16-17-18-19-20-23-27-26-30(32)28-24-21-22-25-29(28)31(27)2/h12-13,21-22,24-26H,3-11,14-20,23H2,1-2H3/b13-12+. The van der Waals surface area contributed by atoms with Gasteiger partial charge in [-0.15, -0.1) is 0 Å². The first-order valence-corrected chi connectivity index (χ1v) is 13.5. The lowest BCUT2D eigenvalue weighted by atomic mass is 10.1. The lowest BCUT2D eigenvalue weighted by Crippen LogP contribution is -2.11. The van der Waals surface area contributed by atoms with Gasteiger partial charge in [-0.25, -0.2) is 0 Å². The molecule has 178 valence electrons. The molecular formula is C30H47NO. The predicted molar refractivity (Wildman–Crippen MR) is 142 cm³/mol. The Morgan fingerprint density at radius 3 is 1.88 bits per heavy atom. The van der Waals surface area contributed by atoms with Crippen molar-refractivity contribution >= 4 is 10.9 Å². The number of nitrogens with zero attached hydrogens (tertiary/aromatic N) is 1. The molecule has 2 heteroatoms. The van der Waals surface area contributed by atoms with Crippen LogP contribution >= 0.6 is 0 Å². The van der Waals surface area contributed by atoms with Gasteiger partial charge >= 0.3 is 0 Å². The van der Waals surface area contributed by atoms with Gasteiger partial charge in [0.15, 0.2) is 5.43 Å². The predicted octanol–water partition coefficient (Wildman–Crippen LogP) is 8.90. The molecule has 0 amide bonds. The van der Waals surface area contributed by atoms with Crippen molar-refractivity contribution in [3.8, 4) is 0 Å². The number of aryl methyl sites for hydroxylation is 2. The van der Waals surface area contributed by atoms with Crippen LogP contribution in [0.5, 0.6) is 0 Å². The Hall–Kier alpha value is -1.83. The first-order valence-electron chi connectivity index (χ1n) is 13.5. The number of hydrogen-bond acceptors (Lipinski definition) is 1. The molecule has 0 atom stereocenters. The number of fused-ring (bicyclic) bond motifs is 1. The molecule has 1 heterocycles. The molecule has 2 aromatic rings. The highest BCUT2D eigenvalue weighted by Gasteiger charge is 2.05. The van der Waals surface area contributed by atoms with E-state index in [-0.39, 0.29) is 5.43 Å². The van der Waals surface area contributed by atoms with Gasteiger partial charge in [0, 0.05) is 24.2 Å². The minimum absolute atomic E-state index is 0.157. The van der Waals surface area contributed by atoms with E-state index in [9.17, 15) is 4.79 Å². The molecule has 0 fully saturated rings. The second-order valence-electron chi connectivity index (χ2n) is 9.47. The van der Waals surface area contributed by atoms with E-state index in [4.69, 9.17) is 0 Å². The molecule has 0 saturated carbocycles. The van der Waals surface area contributed by atoms with Crippen molar-refractivity contribution in [3.63, 3.8) is 0 Å². The number of pyridine rings is 1. The lowest BCUT2D eigenvalue weighted by molar-refractivity contribution is 0.577. The van der Waals surface area contributed by atoms with Crippen LogP contribution < -0.4 is 5.43 Å². The zero-order valence-corrected chi connectivity index (χ0v) is 20.9. The normalized spacial score (nSPS) is 11.7. The molecule has 32 heavy (non-hydrogen) atoms. The van der Waals surface area contributed by atoms with E-state index < -0.39 is 0 Å². The van der Waals surface area contributed by atoms with E-state index in [2.05, 4.69) is 30.7 Å². The number of hydrogen-bond donors (Lipinski definition) is 0. The van der Waals surface area contributed by atoms with Crippen LogP contribution in [0.3, 0.4) is 0 Å². The fourth-order valence-electron chi connectivity index (χ4n) is 4.60. The summed E-state index contributed by atoms with van der Waals surface area (Å²) < 4.78 is 2.19. The van der Waals surface area contributed by atoms with Crippen LogP contribution in [0.1, 0.15) is 115 Å². The van der Waals surface area contributed by atoms with E-state index in [0.717, 1.165) is 23.0 Å². The van der Waals surface area contributed by atoms with E-state index >= 15 is 0 Å². The molecule has 0 unspecified atom stereocenters. The van der Waals surface area contributed by atoms with E-state index in [0.29, 0.717) is 0 Å². The zero-order valence-electron chi connectivity index (χ0n) is 20.9. The van der Waals surface area contributed by atoms with Crippen LogP contribution in [0.15, 0.2) is 47.3 Å². The van der Waals surface area contributed by atoms with Crippen molar-refractivity contribution in [1.82, 2.24) is 4.57 Å². The Kier molecular flexibility index (Phi) is 13.8. The van der Waals surface area contributed by atoms with Crippen molar-refractivity contribution in [2.75, 3.05) is 0 Å². The number of allylic oxidation sites excluding steroid dienone is 2. The van der Waals surface area contributed by atoms with Gasteiger partial charge < -0.3 is 4.57 Å². The SMILES string of the molecule is CCCCCCCCCC/C=C/CCCCCCCCc1cc(=O)c2ccccc2n1C. The Morgan fingerprint density at radius 2 is 1.25 bits per heavy atom. The molecule has 0 saturated heterocycles. The van der Waals surface area contributed by atoms with Gasteiger partial charge in [-0.05, 0) is 50.7 Å². The summed E-state index contributed by atoms with van der Waals surface area (Å²) in [5.74, 6) is 0. The Morgan fingerprint density at radius 1 is 0.719 bits per heavy atom. The fourth-order valence-corrected chi connectivity index (χ4v) is 4.60. The second-order valence-corrected chi connectivity index (χ2v) is 9.47. The summed E-state index contributed by atoms with van der Waals surface area (Å²) >= 11 is 0. The summed E-state index contributed by atoms with van der Waals surface area (Å²) in [6.45, 7) is 2.28. The molecule has 1 aromatic heterocycles. The summed E-state index contributed by atoms with van der Waals surface area (Å²) in [6.07, 6.45) is 27.3. The topological polar surface area (TPSA) is 22.0 Å². The third kappa shape index (κ3) is 10.2. The summed E-state index contributed by atoms with van der Waals surface area (Å²) in [5, 5.41) is 0.825. The summed E-state index contributed by atoms with van der Waals surface area (Å²) in [6, 6.07) is 9.76. The van der Waals surface area contributed by atoms with Crippen LogP contribution in [0.25, 0.3) is 10.9 Å². The van der Waals surface area contributed by atoms with Gasteiger partial charge in [-0.2, -0.15) is 0 Å². The average Bonchev–Trinajstić information content (AvgIpc) is 2.81. The van der Waals surface area contributed by atoms with Gasteiger partial charge in [0.05, 0.1) is 5.52 Å². The Labute approximate surface area is 197 Å². The minimum atomic E-state index is 0.157. The van der Waals surface area contributed by atoms with E-state index in [1.807, 2.05) is 30.3 Å². The summed E-state index contributed by atoms with van der Waals surface area (Å²) in [4.78, 5) is 12.3. The number of unbranched alkanes of at least 4 members (excludes halogenated alkanes) is 14. The van der Waals surface area contributed by atoms with Gasteiger partial charge in [-0.3, -0.25) is 4.79 Å². The molecular weight excluding hydrogens is 390 g/mol. The molecule has 0 radical (unpaired) electrons. The van der Waals surface area contributed by atoms with Crippen molar-refractivity contribution in [3.05, 3.63) is 58.4 Å². The molecule has 0 aliphatic rings. The van der Waals surface area contributed by atoms with Crippen molar-refractivity contribution in [1.29, 1.82) is 0 Å². The molecule has 0 N–H and O–H groups in total. The molecule has 0 aliphatic carbocycles. The van der Waals surface area contributed by atoms with Crippen LogP contribution in [0, 0.1) is 0 Å². The molecule has 2 rings (SSSR count). The smallest absolute Gasteiger partial charge is 0.189 e. The monoisotopic (exact) mass is 437 g/mol. The van der Waals surface area contributed by atoms with Crippen molar-refractivity contribution in [2.24, 2.45) is 7.05 Å². The maximum absolute atomic E-state index is 12.3. The Bertz CT molecular complexity index is 832. The van der Waals surface area contributed by atoms with Gasteiger partial charge in [0.25, 0.3) is 0 Å². The third-order valence-corrected chi connectivity index (χ3v) is 6.70. The first-order chi connectivity index (χ1) is 15.7. The highest BCUT2D eigenvalue weighted by Crippen LogP contribution is 2.15. The van der Waals surface area contributed by atoms with Gasteiger partial charge in [-0.1, -0.05) is 102 Å². The fraction of sp³-hybridized carbons (Fsp3) is 0.633. The van der Waals surface area contributed by atoms with E-state index in [1.165, 1.54) is 103 Å². The second kappa shape index (κ2) is 16.8. The molecule has 2 nitrogen and oxygen atoms in total. The van der Waals surface area contributed by atoms with Gasteiger partial charge in [0.1, 0.15) is 0 Å². The molecule has 1 aromatic carbocycles. The number of para-hydroxylation sites is 1. The van der Waals surface area contributed by atoms with Crippen LogP contribution in [-0.4, -0.2) is 4.57 Å². The zero-order chi connectivity index (χ0) is 22.9. The number of benzene rings is 1. The average molecular weight is 438 g/mol. The van der Waals surface area contributed by atoms with Crippen molar-refractivity contribution < 1.29 is 0 Å². The lowest BCUT2D eigenvalue weighted by Gasteiger charge is -2.12. The molecule has 0 bridgehead atoms. The van der Waals surface area contributed by atoms with Crippen LogP contribution in [0.2, 0.25) is 0 Å². The highest BCUT2D eigenvalue weighted by atomic mass is 16.1. The quantitative estimate of drug-likeness (QED) is 0.168. The Balaban J connectivity index is 1.44. The summed E-state index contributed by atoms with van der Waals surface area (Å²) in [7, 11) is 2.08. The maximum atomic E-state index is 12.3. The van der Waals surface area contributed by atoms with Gasteiger partial charge in [0.2, 0.25) is 0 Å². The first kappa shape index (κ1) is 26.4. The van der Waals surface area contributed by atoms with E-state index in [1.54, 1.807) is 0 Å². The maximum Gasteiger partial charge on any atom is 0.189 e. The molecule has 0 aliphatic heterocycles. The van der Waals surface area contributed by atoms with Crippen molar-refractivity contribution in [2.45, 2.75) is 116 Å². The number of aromatic nitrogens is 1. The summed E-state index contributed by atoms with van der Waals surface area (Å²) in [5.41, 5.74) is 2.37. The largest absolute Gasteiger partial charge is 0.347 e. The van der Waals surface area contributed by atoms with Crippen LogP contribution in [-0.2, 0) is 13.5 Å². The highest BCUT2D eigenvalue weighted by molar-refractivity contribution is 5.79. The minimum Gasteiger partial charge on any atom is -0.347 e.